The fourth-order valence-electron chi connectivity index (χ4n) is 2.42. The van der Waals surface area contributed by atoms with Gasteiger partial charge in [0.15, 0.2) is 20.6 Å². The second-order valence-corrected chi connectivity index (χ2v) is 6.89. The molecule has 0 aliphatic heterocycles. The summed E-state index contributed by atoms with van der Waals surface area (Å²) in [6, 6.07) is 0.300. The molecule has 1 aromatic rings. The Morgan fingerprint density at radius 3 is 2.50 bits per heavy atom. The molecule has 2 rings (SSSR count). The molecule has 7 heteroatoms. The highest BCUT2D eigenvalue weighted by Gasteiger charge is 2.25. The first-order valence-electron chi connectivity index (χ1n) is 6.18. The van der Waals surface area contributed by atoms with E-state index in [2.05, 4.69) is 10.4 Å². The first kappa shape index (κ1) is 13.2. The van der Waals surface area contributed by atoms with Crippen LogP contribution in [0.1, 0.15) is 32.1 Å². The van der Waals surface area contributed by atoms with Crippen molar-refractivity contribution < 1.29 is 8.42 Å². The normalized spacial score (nSPS) is 17.9. The fourth-order valence-corrected chi connectivity index (χ4v) is 3.38. The average Bonchev–Trinajstić information content (AvgIpc) is 2.55. The summed E-state index contributed by atoms with van der Waals surface area (Å²) >= 11 is 0. The van der Waals surface area contributed by atoms with E-state index in [1.54, 1.807) is 7.05 Å². The van der Waals surface area contributed by atoms with Gasteiger partial charge in [-0.2, -0.15) is 5.10 Å². The molecule has 102 valence electrons. The molecule has 1 saturated carbocycles. The number of hydrogen-bond donors (Lipinski definition) is 2. The van der Waals surface area contributed by atoms with Gasteiger partial charge >= 0.3 is 0 Å². The lowest BCUT2D eigenvalue weighted by atomic mass is 9.95. The Bertz CT molecular complexity index is 529. The fraction of sp³-hybridized carbons (Fsp3) is 0.727. The monoisotopic (exact) mass is 272 g/mol. The van der Waals surface area contributed by atoms with Crippen molar-refractivity contribution in [3.8, 4) is 0 Å². The van der Waals surface area contributed by atoms with E-state index in [1.165, 1.54) is 23.9 Å². The molecule has 3 N–H and O–H groups in total. The molecule has 0 radical (unpaired) electrons. The predicted octanol–water partition coefficient (Wildman–Crippen LogP) is 1.15. The van der Waals surface area contributed by atoms with Crippen LogP contribution in [0.2, 0.25) is 0 Å². The first-order valence-corrected chi connectivity index (χ1v) is 8.08. The van der Waals surface area contributed by atoms with Gasteiger partial charge in [-0.05, 0) is 12.8 Å². The van der Waals surface area contributed by atoms with Crippen molar-refractivity contribution in [2.45, 2.75) is 43.0 Å². The molecular formula is C11H20N4O2S. The van der Waals surface area contributed by atoms with Crippen LogP contribution in [0.5, 0.6) is 0 Å². The van der Waals surface area contributed by atoms with Gasteiger partial charge < -0.3 is 11.1 Å². The second-order valence-electron chi connectivity index (χ2n) is 4.94. The number of rotatable bonds is 3. The molecule has 1 aliphatic carbocycles. The first-order chi connectivity index (χ1) is 8.39. The van der Waals surface area contributed by atoms with Gasteiger partial charge in [0.2, 0.25) is 0 Å². The van der Waals surface area contributed by atoms with E-state index >= 15 is 0 Å². The molecule has 0 atom stereocenters. The van der Waals surface area contributed by atoms with Gasteiger partial charge in [-0.3, -0.25) is 0 Å². The van der Waals surface area contributed by atoms with Gasteiger partial charge in [-0.25, -0.2) is 13.1 Å². The standard InChI is InChI=1S/C11H20N4O2S/c1-15-10(12)9(18(2,16)17)11(14-15)13-8-6-4-3-5-7-8/h8H,3-7,12H2,1-2H3,(H,13,14). The van der Waals surface area contributed by atoms with Gasteiger partial charge in [0, 0.05) is 19.3 Å². The quantitative estimate of drug-likeness (QED) is 0.861. The van der Waals surface area contributed by atoms with Crippen molar-refractivity contribution in [2.75, 3.05) is 17.3 Å². The molecule has 1 fully saturated rings. The number of nitrogens with one attached hydrogen (secondary N) is 1. The average molecular weight is 272 g/mol. The molecule has 6 nitrogen and oxygen atoms in total. The zero-order valence-corrected chi connectivity index (χ0v) is 11.6. The van der Waals surface area contributed by atoms with E-state index in [0.717, 1.165) is 19.1 Å². The summed E-state index contributed by atoms with van der Waals surface area (Å²) in [5.74, 6) is 0.584. The van der Waals surface area contributed by atoms with Crippen LogP contribution in [-0.2, 0) is 16.9 Å². The second kappa shape index (κ2) is 4.79. The molecule has 0 saturated heterocycles. The largest absolute Gasteiger partial charge is 0.383 e. The van der Waals surface area contributed by atoms with Crippen molar-refractivity contribution in [1.29, 1.82) is 0 Å². The van der Waals surface area contributed by atoms with Gasteiger partial charge in [0.1, 0.15) is 5.82 Å². The summed E-state index contributed by atoms with van der Waals surface area (Å²) < 4.78 is 24.9. The smallest absolute Gasteiger partial charge is 0.182 e. The molecule has 0 spiro atoms. The number of nitrogens with two attached hydrogens (primary N) is 1. The van der Waals surface area contributed by atoms with E-state index in [-0.39, 0.29) is 10.7 Å². The number of anilines is 2. The minimum absolute atomic E-state index is 0.121. The lowest BCUT2D eigenvalue weighted by Gasteiger charge is -2.22. The van der Waals surface area contributed by atoms with Crippen LogP contribution >= 0.6 is 0 Å². The van der Waals surface area contributed by atoms with Crippen LogP contribution < -0.4 is 11.1 Å². The molecule has 0 aromatic carbocycles. The van der Waals surface area contributed by atoms with Crippen LogP contribution in [0, 0.1) is 0 Å². The summed E-state index contributed by atoms with van der Waals surface area (Å²) in [6.45, 7) is 0. The van der Waals surface area contributed by atoms with Crippen molar-refractivity contribution in [1.82, 2.24) is 9.78 Å². The maximum atomic E-state index is 11.8. The Morgan fingerprint density at radius 2 is 1.94 bits per heavy atom. The zero-order chi connectivity index (χ0) is 13.3. The third-order valence-corrected chi connectivity index (χ3v) is 4.51. The van der Waals surface area contributed by atoms with Crippen LogP contribution in [-0.4, -0.2) is 30.5 Å². The number of hydrogen-bond acceptors (Lipinski definition) is 5. The number of aryl methyl sites for hydroxylation is 1. The Balaban J connectivity index is 2.30. The van der Waals surface area contributed by atoms with Gasteiger partial charge in [0.05, 0.1) is 0 Å². The molecular weight excluding hydrogens is 252 g/mol. The topological polar surface area (TPSA) is 90.0 Å². The Morgan fingerprint density at radius 1 is 1.33 bits per heavy atom. The highest BCUT2D eigenvalue weighted by atomic mass is 32.2. The molecule has 0 amide bonds. The SMILES string of the molecule is Cn1nc(NC2CCCCC2)c(S(C)(=O)=O)c1N. The van der Waals surface area contributed by atoms with Crippen molar-refractivity contribution in [2.24, 2.45) is 7.05 Å². The molecule has 1 aliphatic rings. The van der Waals surface area contributed by atoms with Gasteiger partial charge in [-0.1, -0.05) is 19.3 Å². The van der Waals surface area contributed by atoms with Crippen LogP contribution in [0.4, 0.5) is 11.6 Å². The van der Waals surface area contributed by atoms with Crippen molar-refractivity contribution in [3.63, 3.8) is 0 Å². The molecule has 1 aromatic heterocycles. The lowest BCUT2D eigenvalue weighted by molar-refractivity contribution is 0.461. The minimum atomic E-state index is -3.36. The maximum Gasteiger partial charge on any atom is 0.182 e. The lowest BCUT2D eigenvalue weighted by Crippen LogP contribution is -2.23. The summed E-state index contributed by atoms with van der Waals surface area (Å²) in [5, 5.41) is 7.40. The number of sulfone groups is 1. The minimum Gasteiger partial charge on any atom is -0.383 e. The number of nitrogen functional groups attached to an aromatic ring is 1. The maximum absolute atomic E-state index is 11.8. The zero-order valence-electron chi connectivity index (χ0n) is 10.8. The van der Waals surface area contributed by atoms with E-state index in [1.807, 2.05) is 0 Å². The third-order valence-electron chi connectivity index (χ3n) is 3.36. The van der Waals surface area contributed by atoms with Crippen LogP contribution in [0.25, 0.3) is 0 Å². The molecule has 18 heavy (non-hydrogen) atoms. The number of aromatic nitrogens is 2. The molecule has 0 bridgehead atoms. The van der Waals surface area contributed by atoms with Crippen LogP contribution in [0.15, 0.2) is 4.90 Å². The summed E-state index contributed by atoms with van der Waals surface area (Å²) in [4.78, 5) is 0.121. The van der Waals surface area contributed by atoms with E-state index in [9.17, 15) is 8.42 Å². The summed E-state index contributed by atoms with van der Waals surface area (Å²) in [6.07, 6.45) is 6.87. The highest BCUT2D eigenvalue weighted by Crippen LogP contribution is 2.29. The van der Waals surface area contributed by atoms with Gasteiger partial charge in [-0.15, -0.1) is 0 Å². The van der Waals surface area contributed by atoms with Crippen molar-refractivity contribution >= 4 is 21.5 Å². The number of nitrogens with zero attached hydrogens (tertiary/aromatic N) is 2. The Kier molecular flexibility index (Phi) is 3.52. The Hall–Kier alpha value is -1.24. The van der Waals surface area contributed by atoms with Crippen molar-refractivity contribution in [3.05, 3.63) is 0 Å². The highest BCUT2D eigenvalue weighted by molar-refractivity contribution is 7.91. The van der Waals surface area contributed by atoms with E-state index in [4.69, 9.17) is 5.73 Å². The van der Waals surface area contributed by atoms with Gasteiger partial charge in [0.25, 0.3) is 0 Å². The summed E-state index contributed by atoms with van der Waals surface area (Å²) in [5.41, 5.74) is 5.78. The van der Waals surface area contributed by atoms with E-state index in [0.29, 0.717) is 11.9 Å². The predicted molar refractivity (Wildman–Crippen MR) is 71.2 cm³/mol. The molecule has 0 unspecified atom stereocenters. The summed E-state index contributed by atoms with van der Waals surface area (Å²) in [7, 11) is -1.72. The van der Waals surface area contributed by atoms with E-state index < -0.39 is 9.84 Å². The Labute approximate surface area is 107 Å². The third kappa shape index (κ3) is 2.60. The van der Waals surface area contributed by atoms with Crippen LogP contribution in [0.3, 0.4) is 0 Å². The molecule has 1 heterocycles.